The first-order valence-corrected chi connectivity index (χ1v) is 3.90. The van der Waals surface area contributed by atoms with E-state index in [9.17, 15) is 9.18 Å². The molecule has 0 radical (unpaired) electrons. The molecule has 1 rings (SSSR count). The number of ketones is 1. The minimum atomic E-state index is -0.878. The molecular formula is C9H12FNO. The fourth-order valence-electron chi connectivity index (χ4n) is 1.05. The van der Waals surface area contributed by atoms with Crippen LogP contribution in [0.25, 0.3) is 0 Å². The van der Waals surface area contributed by atoms with E-state index in [1.54, 1.807) is 23.0 Å². The molecule has 66 valence electrons. The van der Waals surface area contributed by atoms with Crippen molar-refractivity contribution in [1.82, 2.24) is 4.57 Å². The monoisotopic (exact) mass is 169 g/mol. The van der Waals surface area contributed by atoms with E-state index in [2.05, 4.69) is 0 Å². The van der Waals surface area contributed by atoms with Crippen LogP contribution in [-0.2, 0) is 6.54 Å². The summed E-state index contributed by atoms with van der Waals surface area (Å²) in [7, 11) is 0. The highest BCUT2D eigenvalue weighted by atomic mass is 19.1. The van der Waals surface area contributed by atoms with Gasteiger partial charge >= 0.3 is 0 Å². The Bertz CT molecular complexity index is 278. The average Bonchev–Trinajstić information content (AvgIpc) is 2.34. The van der Waals surface area contributed by atoms with E-state index in [0.29, 0.717) is 12.1 Å². The Labute approximate surface area is 71.0 Å². The highest BCUT2D eigenvalue weighted by Gasteiger charge is 2.03. The molecule has 0 N–H and O–H groups in total. The maximum absolute atomic E-state index is 12.5. The van der Waals surface area contributed by atoms with Gasteiger partial charge in [0.25, 0.3) is 0 Å². The van der Waals surface area contributed by atoms with Crippen molar-refractivity contribution in [1.29, 1.82) is 0 Å². The maximum atomic E-state index is 12.5. The summed E-state index contributed by atoms with van der Waals surface area (Å²) in [6.45, 7) is 3.30. The number of nitrogens with zero attached hydrogens (tertiary/aromatic N) is 1. The van der Waals surface area contributed by atoms with E-state index in [-0.39, 0.29) is 5.78 Å². The van der Waals surface area contributed by atoms with E-state index in [1.807, 2.05) is 0 Å². The van der Waals surface area contributed by atoms with Gasteiger partial charge in [-0.1, -0.05) is 0 Å². The van der Waals surface area contributed by atoms with Crippen LogP contribution in [0.5, 0.6) is 0 Å². The van der Waals surface area contributed by atoms with Crippen LogP contribution in [0.1, 0.15) is 24.2 Å². The Morgan fingerprint density at radius 1 is 1.75 bits per heavy atom. The van der Waals surface area contributed by atoms with Crippen LogP contribution in [0.3, 0.4) is 0 Å². The number of carbonyl (C=O) groups excluding carboxylic acids is 1. The molecule has 0 fully saturated rings. The number of alkyl halides is 1. The lowest BCUT2D eigenvalue weighted by Gasteiger charge is -2.01. The number of hydrogen-bond donors (Lipinski definition) is 0. The molecule has 0 aliphatic carbocycles. The Morgan fingerprint density at radius 3 is 2.83 bits per heavy atom. The van der Waals surface area contributed by atoms with Gasteiger partial charge in [0.1, 0.15) is 6.17 Å². The van der Waals surface area contributed by atoms with Crippen LogP contribution in [0, 0.1) is 0 Å². The van der Waals surface area contributed by atoms with Gasteiger partial charge < -0.3 is 4.57 Å². The lowest BCUT2D eigenvalue weighted by molar-refractivity contribution is 0.101. The zero-order chi connectivity index (χ0) is 9.14. The number of halogens is 1. The molecule has 0 aromatic carbocycles. The Kier molecular flexibility index (Phi) is 2.63. The van der Waals surface area contributed by atoms with Gasteiger partial charge in [-0.05, 0) is 19.9 Å². The zero-order valence-corrected chi connectivity index (χ0v) is 7.25. The number of carbonyl (C=O) groups is 1. The summed E-state index contributed by atoms with van der Waals surface area (Å²) in [4.78, 5) is 10.8. The second-order valence-electron chi connectivity index (χ2n) is 2.93. The molecule has 12 heavy (non-hydrogen) atoms. The summed E-state index contributed by atoms with van der Waals surface area (Å²) in [5, 5.41) is 0. The molecule has 1 atom stereocenters. The number of rotatable bonds is 3. The molecule has 0 saturated heterocycles. The van der Waals surface area contributed by atoms with Crippen molar-refractivity contribution >= 4 is 5.78 Å². The van der Waals surface area contributed by atoms with E-state index >= 15 is 0 Å². The summed E-state index contributed by atoms with van der Waals surface area (Å²) in [6, 6.07) is 1.70. The third-order valence-electron chi connectivity index (χ3n) is 1.62. The first-order valence-electron chi connectivity index (χ1n) is 3.90. The predicted molar refractivity (Wildman–Crippen MR) is 45.0 cm³/mol. The summed E-state index contributed by atoms with van der Waals surface area (Å²) >= 11 is 0. The molecule has 0 aliphatic rings. The summed E-state index contributed by atoms with van der Waals surface area (Å²) in [5.74, 6) is 0.0141. The largest absolute Gasteiger partial charge is 0.351 e. The molecule has 2 nitrogen and oxygen atoms in total. The van der Waals surface area contributed by atoms with Crippen LogP contribution in [0.4, 0.5) is 4.39 Å². The van der Waals surface area contributed by atoms with Gasteiger partial charge in [0.05, 0.1) is 6.54 Å². The van der Waals surface area contributed by atoms with Crippen molar-refractivity contribution in [2.24, 2.45) is 0 Å². The third kappa shape index (κ3) is 2.19. The van der Waals surface area contributed by atoms with E-state index in [4.69, 9.17) is 0 Å². The van der Waals surface area contributed by atoms with Crippen molar-refractivity contribution in [3.05, 3.63) is 24.0 Å². The molecule has 0 saturated carbocycles. The van der Waals surface area contributed by atoms with Crippen LogP contribution < -0.4 is 0 Å². The Morgan fingerprint density at radius 2 is 2.42 bits per heavy atom. The molecule has 0 spiro atoms. The van der Waals surface area contributed by atoms with Crippen molar-refractivity contribution in [3.8, 4) is 0 Å². The van der Waals surface area contributed by atoms with Crippen molar-refractivity contribution in [2.75, 3.05) is 0 Å². The fraction of sp³-hybridized carbons (Fsp3) is 0.444. The maximum Gasteiger partial charge on any atom is 0.161 e. The fourth-order valence-corrected chi connectivity index (χ4v) is 1.05. The number of Topliss-reactive ketones (excluding diaryl/α,β-unsaturated/α-hetero) is 1. The predicted octanol–water partition coefficient (Wildman–Crippen LogP) is 2.05. The lowest BCUT2D eigenvalue weighted by atomic mass is 10.2. The third-order valence-corrected chi connectivity index (χ3v) is 1.62. The Balaban J connectivity index is 2.71. The van der Waals surface area contributed by atoms with Crippen LogP contribution >= 0.6 is 0 Å². The molecule has 1 heterocycles. The van der Waals surface area contributed by atoms with Gasteiger partial charge in [-0.15, -0.1) is 0 Å². The highest BCUT2D eigenvalue weighted by Crippen LogP contribution is 2.04. The van der Waals surface area contributed by atoms with Crippen molar-refractivity contribution in [2.45, 2.75) is 26.6 Å². The SMILES string of the molecule is CC(=O)c1ccn(CC(C)F)c1. The van der Waals surface area contributed by atoms with Crippen molar-refractivity contribution < 1.29 is 9.18 Å². The molecular weight excluding hydrogens is 157 g/mol. The van der Waals surface area contributed by atoms with E-state index in [0.717, 1.165) is 0 Å². The second-order valence-corrected chi connectivity index (χ2v) is 2.93. The normalized spacial score (nSPS) is 12.9. The topological polar surface area (TPSA) is 22.0 Å². The minimum Gasteiger partial charge on any atom is -0.351 e. The van der Waals surface area contributed by atoms with Crippen LogP contribution in [-0.4, -0.2) is 16.5 Å². The Hall–Kier alpha value is -1.12. The molecule has 3 heteroatoms. The van der Waals surface area contributed by atoms with Gasteiger partial charge in [0.15, 0.2) is 5.78 Å². The zero-order valence-electron chi connectivity index (χ0n) is 7.25. The standard InChI is InChI=1S/C9H12FNO/c1-7(10)5-11-4-3-9(6-11)8(2)12/h3-4,6-7H,5H2,1-2H3. The first kappa shape index (κ1) is 8.97. The van der Waals surface area contributed by atoms with E-state index in [1.165, 1.54) is 13.8 Å². The molecule has 1 aromatic heterocycles. The molecule has 0 amide bonds. The van der Waals surface area contributed by atoms with E-state index < -0.39 is 6.17 Å². The lowest BCUT2D eigenvalue weighted by Crippen LogP contribution is -2.05. The summed E-state index contributed by atoms with van der Waals surface area (Å²) in [5.41, 5.74) is 0.635. The van der Waals surface area contributed by atoms with Gasteiger partial charge in [-0.25, -0.2) is 4.39 Å². The van der Waals surface area contributed by atoms with Crippen LogP contribution in [0.15, 0.2) is 18.5 Å². The molecule has 0 bridgehead atoms. The summed E-state index contributed by atoms with van der Waals surface area (Å²) < 4.78 is 14.2. The number of aromatic nitrogens is 1. The smallest absolute Gasteiger partial charge is 0.161 e. The highest BCUT2D eigenvalue weighted by molar-refractivity contribution is 5.93. The summed E-state index contributed by atoms with van der Waals surface area (Å²) in [6.07, 6.45) is 2.50. The average molecular weight is 169 g/mol. The van der Waals surface area contributed by atoms with Gasteiger partial charge in [-0.2, -0.15) is 0 Å². The molecule has 1 aromatic rings. The van der Waals surface area contributed by atoms with Gasteiger partial charge in [0, 0.05) is 18.0 Å². The molecule has 1 unspecified atom stereocenters. The minimum absolute atomic E-state index is 0.0141. The number of hydrogen-bond acceptors (Lipinski definition) is 1. The second kappa shape index (κ2) is 3.52. The quantitative estimate of drug-likeness (QED) is 0.635. The van der Waals surface area contributed by atoms with Gasteiger partial charge in [0.2, 0.25) is 0 Å². The first-order chi connectivity index (χ1) is 5.59. The van der Waals surface area contributed by atoms with Crippen molar-refractivity contribution in [3.63, 3.8) is 0 Å². The molecule has 0 aliphatic heterocycles. The van der Waals surface area contributed by atoms with Crippen LogP contribution in [0.2, 0.25) is 0 Å². The van der Waals surface area contributed by atoms with Gasteiger partial charge in [-0.3, -0.25) is 4.79 Å².